The molecular weight excluding hydrogens is 238 g/mol. The molecule has 0 aliphatic rings. The SMILES string of the molecule is CC(C)NCc1nnc(Oc2cnn(C)c2)s1. The zero-order chi connectivity index (χ0) is 12.3. The Hall–Kier alpha value is -1.47. The molecule has 0 bridgehead atoms. The summed E-state index contributed by atoms with van der Waals surface area (Å²) in [5, 5.41) is 16.8. The first-order valence-electron chi connectivity index (χ1n) is 5.36. The Morgan fingerprint density at radius 1 is 1.47 bits per heavy atom. The van der Waals surface area contributed by atoms with E-state index in [0.717, 1.165) is 5.01 Å². The fourth-order valence-corrected chi connectivity index (χ4v) is 1.85. The van der Waals surface area contributed by atoms with Crippen LogP contribution in [-0.2, 0) is 13.6 Å². The molecule has 6 nitrogen and oxygen atoms in total. The van der Waals surface area contributed by atoms with Gasteiger partial charge in [-0.2, -0.15) is 5.10 Å². The second kappa shape index (κ2) is 5.24. The molecule has 2 aromatic rings. The standard InChI is InChI=1S/C10H15N5OS/c1-7(2)11-5-9-13-14-10(17-9)16-8-4-12-15(3)6-8/h4,6-7,11H,5H2,1-3H3. The molecule has 0 saturated heterocycles. The molecule has 7 heteroatoms. The van der Waals surface area contributed by atoms with Gasteiger partial charge in [0.15, 0.2) is 5.75 Å². The number of aryl methyl sites for hydroxylation is 1. The van der Waals surface area contributed by atoms with Crippen LogP contribution >= 0.6 is 11.3 Å². The van der Waals surface area contributed by atoms with Crippen molar-refractivity contribution >= 4 is 11.3 Å². The molecule has 2 aromatic heterocycles. The van der Waals surface area contributed by atoms with Crippen LogP contribution in [0.5, 0.6) is 10.9 Å². The molecule has 0 spiro atoms. The van der Waals surface area contributed by atoms with Crippen molar-refractivity contribution in [3.63, 3.8) is 0 Å². The minimum atomic E-state index is 0.432. The number of nitrogens with one attached hydrogen (secondary N) is 1. The van der Waals surface area contributed by atoms with Crippen LogP contribution in [0.4, 0.5) is 0 Å². The van der Waals surface area contributed by atoms with E-state index in [1.165, 1.54) is 11.3 Å². The summed E-state index contributed by atoms with van der Waals surface area (Å²) in [6.45, 7) is 4.90. The molecule has 0 aliphatic carbocycles. The fourth-order valence-electron chi connectivity index (χ4n) is 1.19. The Morgan fingerprint density at radius 2 is 2.29 bits per heavy atom. The van der Waals surface area contributed by atoms with Crippen LogP contribution in [0, 0.1) is 0 Å². The van der Waals surface area contributed by atoms with Crippen LogP contribution in [-0.4, -0.2) is 26.0 Å². The van der Waals surface area contributed by atoms with Crippen LogP contribution in [0.25, 0.3) is 0 Å². The number of nitrogens with zero attached hydrogens (tertiary/aromatic N) is 4. The molecule has 1 N–H and O–H groups in total. The van der Waals surface area contributed by atoms with Crippen LogP contribution in [0.2, 0.25) is 0 Å². The Labute approximate surface area is 104 Å². The van der Waals surface area contributed by atoms with Crippen molar-refractivity contribution in [1.29, 1.82) is 0 Å². The topological polar surface area (TPSA) is 64.9 Å². The number of rotatable bonds is 5. The van der Waals surface area contributed by atoms with Gasteiger partial charge in [-0.1, -0.05) is 30.3 Å². The summed E-state index contributed by atoms with van der Waals surface area (Å²) in [7, 11) is 1.84. The average Bonchev–Trinajstić information content (AvgIpc) is 2.86. The maximum absolute atomic E-state index is 5.52. The molecule has 0 atom stereocenters. The number of hydrogen-bond donors (Lipinski definition) is 1. The van der Waals surface area contributed by atoms with E-state index in [9.17, 15) is 0 Å². The maximum Gasteiger partial charge on any atom is 0.299 e. The second-order valence-electron chi connectivity index (χ2n) is 3.95. The van der Waals surface area contributed by atoms with Crippen LogP contribution in [0.1, 0.15) is 18.9 Å². The highest BCUT2D eigenvalue weighted by Gasteiger charge is 2.07. The van der Waals surface area contributed by atoms with Gasteiger partial charge >= 0.3 is 0 Å². The highest BCUT2D eigenvalue weighted by molar-refractivity contribution is 7.13. The summed E-state index contributed by atoms with van der Waals surface area (Å²) in [5.74, 6) is 0.673. The quantitative estimate of drug-likeness (QED) is 0.876. The smallest absolute Gasteiger partial charge is 0.299 e. The van der Waals surface area contributed by atoms with Crippen molar-refractivity contribution in [1.82, 2.24) is 25.3 Å². The van der Waals surface area contributed by atoms with Crippen molar-refractivity contribution in [2.75, 3.05) is 0 Å². The molecule has 0 unspecified atom stereocenters. The zero-order valence-corrected chi connectivity index (χ0v) is 10.9. The van der Waals surface area contributed by atoms with E-state index in [0.29, 0.717) is 23.5 Å². The summed E-state index contributed by atoms with van der Waals surface area (Å²) in [6.07, 6.45) is 3.43. The molecular formula is C10H15N5OS. The summed E-state index contributed by atoms with van der Waals surface area (Å²) < 4.78 is 7.20. The van der Waals surface area contributed by atoms with E-state index in [2.05, 4.69) is 34.5 Å². The third kappa shape index (κ3) is 3.50. The van der Waals surface area contributed by atoms with Gasteiger partial charge in [0.25, 0.3) is 5.19 Å². The highest BCUT2D eigenvalue weighted by atomic mass is 32.1. The molecule has 17 heavy (non-hydrogen) atoms. The van der Waals surface area contributed by atoms with Crippen LogP contribution in [0.3, 0.4) is 0 Å². The summed E-state index contributed by atoms with van der Waals surface area (Å²) >= 11 is 1.43. The van der Waals surface area contributed by atoms with E-state index in [-0.39, 0.29) is 0 Å². The first-order chi connectivity index (χ1) is 8.13. The van der Waals surface area contributed by atoms with Crippen molar-refractivity contribution in [3.05, 3.63) is 17.4 Å². The van der Waals surface area contributed by atoms with Crippen molar-refractivity contribution in [3.8, 4) is 10.9 Å². The lowest BCUT2D eigenvalue weighted by Crippen LogP contribution is -2.21. The molecule has 0 aliphatic heterocycles. The third-order valence-electron chi connectivity index (χ3n) is 2.00. The van der Waals surface area contributed by atoms with E-state index >= 15 is 0 Å². The largest absolute Gasteiger partial charge is 0.426 e. The number of hydrogen-bond acceptors (Lipinski definition) is 6. The Bertz CT molecular complexity index is 479. The van der Waals surface area contributed by atoms with Crippen molar-refractivity contribution in [2.45, 2.75) is 26.4 Å². The van der Waals surface area contributed by atoms with E-state index in [4.69, 9.17) is 4.74 Å². The maximum atomic E-state index is 5.52. The van der Waals surface area contributed by atoms with Gasteiger partial charge in [0.1, 0.15) is 5.01 Å². The van der Waals surface area contributed by atoms with Crippen molar-refractivity contribution in [2.24, 2.45) is 7.05 Å². The lowest BCUT2D eigenvalue weighted by molar-refractivity contribution is 0.472. The normalized spacial score (nSPS) is 11.1. The van der Waals surface area contributed by atoms with Crippen LogP contribution in [0.15, 0.2) is 12.4 Å². The molecule has 92 valence electrons. The van der Waals surface area contributed by atoms with E-state index in [1.807, 2.05) is 7.05 Å². The zero-order valence-electron chi connectivity index (χ0n) is 10.0. The van der Waals surface area contributed by atoms with Gasteiger partial charge in [0, 0.05) is 13.1 Å². The van der Waals surface area contributed by atoms with Gasteiger partial charge < -0.3 is 10.1 Å². The van der Waals surface area contributed by atoms with E-state index in [1.54, 1.807) is 17.1 Å². The molecule has 2 heterocycles. The van der Waals surface area contributed by atoms with Gasteiger partial charge in [-0.05, 0) is 0 Å². The lowest BCUT2D eigenvalue weighted by atomic mass is 10.4. The minimum Gasteiger partial charge on any atom is -0.426 e. The molecule has 0 aromatic carbocycles. The fraction of sp³-hybridized carbons (Fsp3) is 0.500. The number of ether oxygens (including phenoxy) is 1. The first kappa shape index (κ1) is 12.0. The molecule has 0 amide bonds. The molecule has 0 fully saturated rings. The summed E-state index contributed by atoms with van der Waals surface area (Å²) in [6, 6.07) is 0.432. The van der Waals surface area contributed by atoms with Gasteiger partial charge in [0.05, 0.1) is 18.9 Å². The van der Waals surface area contributed by atoms with Gasteiger partial charge in [0.2, 0.25) is 0 Å². The Balaban J connectivity index is 1.94. The predicted molar refractivity (Wildman–Crippen MR) is 65.2 cm³/mol. The molecule has 0 saturated carbocycles. The second-order valence-corrected chi connectivity index (χ2v) is 4.97. The average molecular weight is 253 g/mol. The monoisotopic (exact) mass is 253 g/mol. The number of aromatic nitrogens is 4. The van der Waals surface area contributed by atoms with E-state index < -0.39 is 0 Å². The Kier molecular flexibility index (Phi) is 3.70. The van der Waals surface area contributed by atoms with Crippen LogP contribution < -0.4 is 10.1 Å². The van der Waals surface area contributed by atoms with Gasteiger partial charge in [-0.25, -0.2) is 0 Å². The lowest BCUT2D eigenvalue weighted by Gasteiger charge is -2.03. The van der Waals surface area contributed by atoms with Crippen molar-refractivity contribution < 1.29 is 4.74 Å². The predicted octanol–water partition coefficient (Wildman–Crippen LogP) is 1.56. The third-order valence-corrected chi connectivity index (χ3v) is 2.80. The summed E-state index contributed by atoms with van der Waals surface area (Å²) in [4.78, 5) is 0. The minimum absolute atomic E-state index is 0.432. The van der Waals surface area contributed by atoms with Gasteiger partial charge in [-0.15, -0.1) is 5.10 Å². The molecule has 0 radical (unpaired) electrons. The highest BCUT2D eigenvalue weighted by Crippen LogP contribution is 2.24. The molecule has 2 rings (SSSR count). The first-order valence-corrected chi connectivity index (χ1v) is 6.17. The Morgan fingerprint density at radius 3 is 2.94 bits per heavy atom. The van der Waals surface area contributed by atoms with Gasteiger partial charge in [-0.3, -0.25) is 4.68 Å². The summed E-state index contributed by atoms with van der Waals surface area (Å²) in [5.41, 5.74) is 0.